The van der Waals surface area contributed by atoms with Gasteiger partial charge in [-0.15, -0.1) is 10.2 Å². The molecular formula is C13H11N5O3. The minimum Gasteiger partial charge on any atom is -0.493 e. The van der Waals surface area contributed by atoms with Crippen molar-refractivity contribution in [1.29, 1.82) is 0 Å². The number of carbonyl (C=O) groups is 2. The van der Waals surface area contributed by atoms with Crippen LogP contribution in [0, 0.1) is 5.92 Å². The van der Waals surface area contributed by atoms with E-state index in [4.69, 9.17) is 0 Å². The molecule has 0 radical (unpaired) electrons. The van der Waals surface area contributed by atoms with Crippen LogP contribution in [0.3, 0.4) is 0 Å². The molecule has 8 heteroatoms. The van der Waals surface area contributed by atoms with Gasteiger partial charge in [-0.05, 0) is 13.0 Å². The molecule has 0 unspecified atom stereocenters. The number of H-pyrrole nitrogens is 1. The first-order valence-electron chi connectivity index (χ1n) is 6.21. The molecule has 0 bridgehead atoms. The number of hydrogen-bond donors (Lipinski definition) is 3. The minimum atomic E-state index is -0.717. The highest BCUT2D eigenvalue weighted by atomic mass is 16.3. The summed E-state index contributed by atoms with van der Waals surface area (Å²) < 4.78 is 0. The fourth-order valence-corrected chi connectivity index (χ4v) is 2.03. The van der Waals surface area contributed by atoms with Gasteiger partial charge in [0.2, 0.25) is 11.8 Å². The molecule has 2 heterocycles. The number of azo groups is 1. The maximum atomic E-state index is 11.9. The van der Waals surface area contributed by atoms with Crippen molar-refractivity contribution in [2.45, 2.75) is 6.92 Å². The average Bonchev–Trinajstić information content (AvgIpc) is 2.97. The number of hydrogen-bond acceptors (Lipinski definition) is 5. The van der Waals surface area contributed by atoms with E-state index in [0.717, 1.165) is 0 Å². The van der Waals surface area contributed by atoms with Crippen LogP contribution < -0.4 is 5.43 Å². The molecule has 1 aliphatic heterocycles. The Morgan fingerprint density at radius 3 is 2.86 bits per heavy atom. The molecule has 106 valence electrons. The van der Waals surface area contributed by atoms with Crippen molar-refractivity contribution in [1.82, 2.24) is 10.4 Å². The molecule has 2 amide bonds. The quantitative estimate of drug-likeness (QED) is 0.727. The number of rotatable bonds is 2. The Kier molecular flexibility index (Phi) is 2.98. The Hall–Kier alpha value is -3.03. The van der Waals surface area contributed by atoms with E-state index in [1.54, 1.807) is 31.2 Å². The van der Waals surface area contributed by atoms with Gasteiger partial charge in [0.15, 0.2) is 5.69 Å². The average molecular weight is 285 g/mol. The maximum absolute atomic E-state index is 11.9. The third-order valence-electron chi connectivity index (χ3n) is 3.21. The zero-order chi connectivity index (χ0) is 15.0. The van der Waals surface area contributed by atoms with Crippen LogP contribution in [0.5, 0.6) is 5.88 Å². The van der Waals surface area contributed by atoms with Crippen LogP contribution in [0.25, 0.3) is 10.9 Å². The van der Waals surface area contributed by atoms with Crippen molar-refractivity contribution in [2.24, 2.45) is 21.2 Å². The van der Waals surface area contributed by atoms with Crippen molar-refractivity contribution >= 4 is 34.1 Å². The summed E-state index contributed by atoms with van der Waals surface area (Å²) in [5, 5.41) is 21.4. The Balaban J connectivity index is 1.90. The molecule has 3 N–H and O–H groups in total. The zero-order valence-corrected chi connectivity index (χ0v) is 11.0. The largest absolute Gasteiger partial charge is 0.493 e. The summed E-state index contributed by atoms with van der Waals surface area (Å²) in [7, 11) is 0. The highest BCUT2D eigenvalue weighted by Crippen LogP contribution is 2.35. The normalized spacial score (nSPS) is 18.2. The lowest BCUT2D eigenvalue weighted by molar-refractivity contribution is -0.122. The van der Waals surface area contributed by atoms with Crippen molar-refractivity contribution < 1.29 is 14.7 Å². The molecular weight excluding hydrogens is 274 g/mol. The summed E-state index contributed by atoms with van der Waals surface area (Å²) in [6.45, 7) is 1.55. The molecule has 1 aromatic heterocycles. The Morgan fingerprint density at radius 1 is 1.38 bits per heavy atom. The zero-order valence-electron chi connectivity index (χ0n) is 11.0. The molecule has 0 saturated carbocycles. The molecule has 0 saturated heterocycles. The molecule has 1 aromatic carbocycles. The van der Waals surface area contributed by atoms with Crippen LogP contribution in [-0.4, -0.2) is 27.6 Å². The third-order valence-corrected chi connectivity index (χ3v) is 3.21. The number of nitrogens with one attached hydrogen (secondary N) is 2. The van der Waals surface area contributed by atoms with Crippen molar-refractivity contribution in [3.63, 3.8) is 0 Å². The van der Waals surface area contributed by atoms with Gasteiger partial charge in [-0.1, -0.05) is 18.2 Å². The predicted octanol–water partition coefficient (Wildman–Crippen LogP) is 1.61. The first-order chi connectivity index (χ1) is 10.1. The number of amides is 2. The number of benzene rings is 1. The summed E-state index contributed by atoms with van der Waals surface area (Å²) in [6, 6.07) is 7.09. The highest BCUT2D eigenvalue weighted by Gasteiger charge is 2.30. The van der Waals surface area contributed by atoms with E-state index in [1.807, 2.05) is 0 Å². The Labute approximate surface area is 118 Å². The molecule has 0 spiro atoms. The molecule has 0 aliphatic carbocycles. The number of aromatic amines is 1. The summed E-state index contributed by atoms with van der Waals surface area (Å²) in [5.41, 5.74) is 3.06. The first kappa shape index (κ1) is 13.0. The lowest BCUT2D eigenvalue weighted by atomic mass is 10.1. The SMILES string of the molecule is C[C@@H]1C(=O)NN=C1C(=O)N=Nc1c(O)[nH]c2ccccc12. The minimum absolute atomic E-state index is 0.00285. The van der Waals surface area contributed by atoms with E-state index in [2.05, 4.69) is 25.7 Å². The number of para-hydroxylation sites is 1. The predicted molar refractivity (Wildman–Crippen MR) is 74.2 cm³/mol. The molecule has 1 atom stereocenters. The topological polar surface area (TPSA) is 119 Å². The smallest absolute Gasteiger partial charge is 0.312 e. The monoisotopic (exact) mass is 285 g/mol. The fourth-order valence-electron chi connectivity index (χ4n) is 2.03. The van der Waals surface area contributed by atoms with Crippen LogP contribution in [0.4, 0.5) is 5.69 Å². The van der Waals surface area contributed by atoms with Gasteiger partial charge >= 0.3 is 5.91 Å². The van der Waals surface area contributed by atoms with Gasteiger partial charge in [-0.25, -0.2) is 5.43 Å². The van der Waals surface area contributed by atoms with Crippen LogP contribution in [0.1, 0.15) is 6.92 Å². The first-order valence-corrected chi connectivity index (χ1v) is 6.21. The summed E-state index contributed by atoms with van der Waals surface area (Å²) in [4.78, 5) is 25.9. The number of nitrogens with zero attached hydrogens (tertiary/aromatic N) is 3. The molecule has 2 aromatic rings. The fraction of sp³-hybridized carbons (Fsp3) is 0.154. The second-order valence-electron chi connectivity index (χ2n) is 4.57. The Morgan fingerprint density at radius 2 is 2.14 bits per heavy atom. The van der Waals surface area contributed by atoms with Gasteiger partial charge in [-0.3, -0.25) is 9.59 Å². The van der Waals surface area contributed by atoms with E-state index < -0.39 is 11.8 Å². The standard InChI is InChI=1S/C13H11N5O3/c1-6-9(15-17-11(6)19)13(21)18-16-10-7-4-2-3-5-8(7)14-12(10)20/h2-6,14,20H,1H3,(H,17,19)/t6-/m0/s1. The van der Waals surface area contributed by atoms with E-state index in [1.165, 1.54) is 0 Å². The highest BCUT2D eigenvalue weighted by molar-refractivity contribution is 6.44. The maximum Gasteiger partial charge on any atom is 0.312 e. The van der Waals surface area contributed by atoms with Gasteiger partial charge < -0.3 is 10.1 Å². The lowest BCUT2D eigenvalue weighted by Gasteiger charge is -1.97. The van der Waals surface area contributed by atoms with Crippen molar-refractivity contribution in [3.8, 4) is 5.88 Å². The molecule has 1 aliphatic rings. The number of hydrazone groups is 1. The van der Waals surface area contributed by atoms with E-state index in [9.17, 15) is 14.7 Å². The summed E-state index contributed by atoms with van der Waals surface area (Å²) in [6.07, 6.45) is 0. The van der Waals surface area contributed by atoms with Crippen LogP contribution >= 0.6 is 0 Å². The van der Waals surface area contributed by atoms with Gasteiger partial charge in [0.05, 0.1) is 11.4 Å². The van der Waals surface area contributed by atoms with Crippen LogP contribution in [0.15, 0.2) is 39.6 Å². The third kappa shape index (κ3) is 2.16. The molecule has 3 rings (SSSR count). The second-order valence-corrected chi connectivity index (χ2v) is 4.57. The van der Waals surface area contributed by atoms with Crippen molar-refractivity contribution in [2.75, 3.05) is 0 Å². The molecule has 8 nitrogen and oxygen atoms in total. The number of aromatic nitrogens is 1. The number of aromatic hydroxyl groups is 1. The van der Waals surface area contributed by atoms with Crippen LogP contribution in [-0.2, 0) is 9.59 Å². The molecule has 0 fully saturated rings. The van der Waals surface area contributed by atoms with Gasteiger partial charge in [0, 0.05) is 5.39 Å². The van der Waals surface area contributed by atoms with E-state index in [0.29, 0.717) is 10.9 Å². The van der Waals surface area contributed by atoms with Crippen LogP contribution in [0.2, 0.25) is 0 Å². The number of carbonyl (C=O) groups excluding carboxylic acids is 2. The summed E-state index contributed by atoms with van der Waals surface area (Å²) >= 11 is 0. The Bertz CT molecular complexity index is 805. The van der Waals surface area contributed by atoms with E-state index >= 15 is 0 Å². The number of fused-ring (bicyclic) bond motifs is 1. The van der Waals surface area contributed by atoms with Gasteiger partial charge in [-0.2, -0.15) is 5.10 Å². The second kappa shape index (κ2) is 4.82. The van der Waals surface area contributed by atoms with Gasteiger partial charge in [0.1, 0.15) is 5.71 Å². The van der Waals surface area contributed by atoms with E-state index in [-0.39, 0.29) is 23.2 Å². The molecule has 21 heavy (non-hydrogen) atoms. The lowest BCUT2D eigenvalue weighted by Crippen LogP contribution is -2.23. The summed E-state index contributed by atoms with van der Waals surface area (Å²) in [5.74, 6) is -1.91. The van der Waals surface area contributed by atoms with Crippen molar-refractivity contribution in [3.05, 3.63) is 24.3 Å². The van der Waals surface area contributed by atoms with Gasteiger partial charge in [0.25, 0.3) is 0 Å².